The zero-order valence-corrected chi connectivity index (χ0v) is 9.51. The van der Waals surface area contributed by atoms with Crippen molar-refractivity contribution in [3.8, 4) is 0 Å². The molecule has 0 bridgehead atoms. The van der Waals surface area contributed by atoms with Crippen LogP contribution >= 0.6 is 0 Å². The second-order valence-corrected chi connectivity index (χ2v) is 3.63. The van der Waals surface area contributed by atoms with E-state index in [2.05, 4.69) is 5.16 Å². The number of rotatable bonds is 4. The van der Waals surface area contributed by atoms with Gasteiger partial charge in [0.1, 0.15) is 0 Å². The summed E-state index contributed by atoms with van der Waals surface area (Å²) >= 11 is 0. The first-order valence-electron chi connectivity index (χ1n) is 5.00. The molecule has 0 heterocycles. The third-order valence-corrected chi connectivity index (χ3v) is 2.45. The molecular weight excluding hydrogens is 206 g/mol. The summed E-state index contributed by atoms with van der Waals surface area (Å²) in [5, 5.41) is 20.4. The van der Waals surface area contributed by atoms with Crippen molar-refractivity contribution in [1.82, 2.24) is 0 Å². The lowest BCUT2D eigenvalue weighted by Crippen LogP contribution is -2.22. The van der Waals surface area contributed by atoms with Crippen LogP contribution in [0.2, 0.25) is 0 Å². The van der Waals surface area contributed by atoms with Gasteiger partial charge in [0, 0.05) is 24.8 Å². The minimum Gasteiger partial charge on any atom is -0.409 e. The van der Waals surface area contributed by atoms with Crippen molar-refractivity contribution >= 4 is 11.5 Å². The van der Waals surface area contributed by atoms with Crippen LogP contribution in [-0.2, 0) is 0 Å². The molecule has 0 aromatic heterocycles. The molecule has 0 amide bonds. The number of oxime groups is 1. The van der Waals surface area contributed by atoms with Gasteiger partial charge >= 0.3 is 0 Å². The zero-order valence-electron chi connectivity index (χ0n) is 9.51. The monoisotopic (exact) mass is 223 g/mol. The van der Waals surface area contributed by atoms with Gasteiger partial charge in [-0.05, 0) is 30.7 Å². The van der Waals surface area contributed by atoms with E-state index in [1.807, 2.05) is 31.0 Å². The van der Waals surface area contributed by atoms with Crippen LogP contribution < -0.4 is 10.6 Å². The van der Waals surface area contributed by atoms with Gasteiger partial charge in [0.05, 0.1) is 6.61 Å². The number of aliphatic hydroxyl groups is 1. The highest BCUT2D eigenvalue weighted by atomic mass is 16.4. The third kappa shape index (κ3) is 2.64. The van der Waals surface area contributed by atoms with E-state index >= 15 is 0 Å². The van der Waals surface area contributed by atoms with Crippen LogP contribution in [0, 0.1) is 6.92 Å². The van der Waals surface area contributed by atoms with Crippen molar-refractivity contribution in [1.29, 1.82) is 0 Å². The number of nitrogens with two attached hydrogens (primary N) is 1. The number of aryl methyl sites for hydroxylation is 1. The SMILES string of the molecule is Cc1cc(/C(N)=N/O)ccc1N(C)CCO. The number of likely N-dealkylation sites (N-methyl/N-ethyl adjacent to an activating group) is 1. The van der Waals surface area contributed by atoms with E-state index in [1.54, 1.807) is 6.07 Å². The Morgan fingerprint density at radius 2 is 2.19 bits per heavy atom. The molecule has 16 heavy (non-hydrogen) atoms. The Labute approximate surface area is 94.8 Å². The first kappa shape index (κ1) is 12.3. The Morgan fingerprint density at radius 3 is 2.69 bits per heavy atom. The van der Waals surface area contributed by atoms with Gasteiger partial charge in [-0.1, -0.05) is 5.16 Å². The van der Waals surface area contributed by atoms with Crippen LogP contribution in [0.1, 0.15) is 11.1 Å². The first-order valence-corrected chi connectivity index (χ1v) is 5.00. The van der Waals surface area contributed by atoms with Gasteiger partial charge in [-0.25, -0.2) is 0 Å². The van der Waals surface area contributed by atoms with Crippen molar-refractivity contribution in [2.75, 3.05) is 25.1 Å². The number of amidine groups is 1. The predicted octanol–water partition coefficient (Wildman–Crippen LogP) is 0.518. The van der Waals surface area contributed by atoms with Crippen molar-refractivity contribution in [2.45, 2.75) is 6.92 Å². The van der Waals surface area contributed by atoms with E-state index in [4.69, 9.17) is 16.0 Å². The number of aliphatic hydroxyl groups excluding tert-OH is 1. The van der Waals surface area contributed by atoms with Gasteiger partial charge in [0.25, 0.3) is 0 Å². The molecule has 0 aliphatic heterocycles. The van der Waals surface area contributed by atoms with Crippen LogP contribution in [0.15, 0.2) is 23.4 Å². The highest BCUT2D eigenvalue weighted by Crippen LogP contribution is 2.19. The molecule has 0 atom stereocenters. The summed E-state index contributed by atoms with van der Waals surface area (Å²) in [4.78, 5) is 1.95. The van der Waals surface area contributed by atoms with Crippen LogP contribution in [0.25, 0.3) is 0 Å². The standard InChI is InChI=1S/C11H17N3O2/c1-8-7-9(11(12)13-16)3-4-10(8)14(2)5-6-15/h3-4,7,15-16H,5-6H2,1-2H3,(H2,12,13). The molecule has 88 valence electrons. The second kappa shape index (κ2) is 5.37. The summed E-state index contributed by atoms with van der Waals surface area (Å²) in [7, 11) is 1.90. The molecule has 5 nitrogen and oxygen atoms in total. The van der Waals surface area contributed by atoms with E-state index in [9.17, 15) is 0 Å². The van der Waals surface area contributed by atoms with Gasteiger partial charge in [-0.15, -0.1) is 0 Å². The van der Waals surface area contributed by atoms with Crippen LogP contribution in [-0.4, -0.2) is 36.3 Å². The maximum atomic E-state index is 8.86. The summed E-state index contributed by atoms with van der Waals surface area (Å²) in [5.74, 6) is 0.0967. The summed E-state index contributed by atoms with van der Waals surface area (Å²) in [6.45, 7) is 2.62. The Kier molecular flexibility index (Phi) is 4.13. The Bertz CT molecular complexity index is 391. The van der Waals surface area contributed by atoms with E-state index in [1.165, 1.54) is 0 Å². The molecular formula is C11H17N3O2. The lowest BCUT2D eigenvalue weighted by Gasteiger charge is -2.20. The molecule has 4 N–H and O–H groups in total. The van der Waals surface area contributed by atoms with Crippen molar-refractivity contribution in [3.05, 3.63) is 29.3 Å². The zero-order chi connectivity index (χ0) is 12.1. The van der Waals surface area contributed by atoms with Gasteiger partial charge in [-0.2, -0.15) is 0 Å². The normalized spacial score (nSPS) is 11.6. The molecule has 0 unspecified atom stereocenters. The van der Waals surface area contributed by atoms with Crippen LogP contribution in [0.4, 0.5) is 5.69 Å². The molecule has 5 heteroatoms. The van der Waals surface area contributed by atoms with E-state index in [0.717, 1.165) is 11.3 Å². The lowest BCUT2D eigenvalue weighted by atomic mass is 10.1. The summed E-state index contributed by atoms with van der Waals surface area (Å²) in [6, 6.07) is 5.52. The third-order valence-electron chi connectivity index (χ3n) is 2.45. The number of nitrogens with zero attached hydrogens (tertiary/aromatic N) is 2. The Hall–Kier alpha value is -1.75. The smallest absolute Gasteiger partial charge is 0.170 e. The van der Waals surface area contributed by atoms with Gasteiger partial charge in [0.15, 0.2) is 5.84 Å². The molecule has 1 rings (SSSR count). The van der Waals surface area contributed by atoms with Gasteiger partial charge in [-0.3, -0.25) is 0 Å². The Balaban J connectivity index is 3.00. The average Bonchev–Trinajstić information content (AvgIpc) is 2.28. The largest absolute Gasteiger partial charge is 0.409 e. The minimum absolute atomic E-state index is 0.0967. The van der Waals surface area contributed by atoms with Crippen molar-refractivity contribution < 1.29 is 10.3 Å². The van der Waals surface area contributed by atoms with Crippen LogP contribution in [0.3, 0.4) is 0 Å². The summed E-state index contributed by atoms with van der Waals surface area (Å²) < 4.78 is 0. The molecule has 0 fully saturated rings. The molecule has 0 spiro atoms. The van der Waals surface area contributed by atoms with E-state index in [0.29, 0.717) is 12.1 Å². The molecule has 0 aliphatic rings. The number of hydrogen-bond donors (Lipinski definition) is 3. The van der Waals surface area contributed by atoms with Crippen molar-refractivity contribution in [2.24, 2.45) is 10.9 Å². The predicted molar refractivity (Wildman–Crippen MR) is 64.0 cm³/mol. The summed E-state index contributed by atoms with van der Waals surface area (Å²) in [6.07, 6.45) is 0. The van der Waals surface area contributed by atoms with Crippen LogP contribution in [0.5, 0.6) is 0 Å². The number of hydrogen-bond acceptors (Lipinski definition) is 4. The summed E-state index contributed by atoms with van der Waals surface area (Å²) in [5.41, 5.74) is 8.21. The van der Waals surface area contributed by atoms with Crippen molar-refractivity contribution in [3.63, 3.8) is 0 Å². The fourth-order valence-corrected chi connectivity index (χ4v) is 1.57. The molecule has 1 aromatic rings. The number of anilines is 1. The van der Waals surface area contributed by atoms with Gasteiger partial charge < -0.3 is 20.9 Å². The fourth-order valence-electron chi connectivity index (χ4n) is 1.57. The van der Waals surface area contributed by atoms with E-state index in [-0.39, 0.29) is 12.4 Å². The van der Waals surface area contributed by atoms with E-state index < -0.39 is 0 Å². The lowest BCUT2D eigenvalue weighted by molar-refractivity contribution is 0.304. The Morgan fingerprint density at radius 1 is 1.50 bits per heavy atom. The topological polar surface area (TPSA) is 82.1 Å². The highest BCUT2D eigenvalue weighted by Gasteiger charge is 2.06. The maximum absolute atomic E-state index is 8.86. The molecule has 0 saturated carbocycles. The quantitative estimate of drug-likeness (QED) is 0.301. The molecule has 0 radical (unpaired) electrons. The van der Waals surface area contributed by atoms with Gasteiger partial charge in [0.2, 0.25) is 0 Å². The first-order chi connectivity index (χ1) is 7.60. The maximum Gasteiger partial charge on any atom is 0.170 e. The fraction of sp³-hybridized carbons (Fsp3) is 0.364. The number of benzene rings is 1. The molecule has 0 aliphatic carbocycles. The second-order valence-electron chi connectivity index (χ2n) is 3.63. The average molecular weight is 223 g/mol. The molecule has 0 saturated heterocycles. The molecule has 1 aromatic carbocycles. The highest BCUT2D eigenvalue weighted by molar-refractivity contribution is 5.97. The minimum atomic E-state index is 0.0967.